The second-order valence-electron chi connectivity index (χ2n) is 4.58. The number of benzene rings is 1. The molecule has 2 N–H and O–H groups in total. The summed E-state index contributed by atoms with van der Waals surface area (Å²) in [5.74, 6) is 0. The Labute approximate surface area is 109 Å². The molecule has 0 aliphatic carbocycles. The van der Waals surface area contributed by atoms with E-state index in [1.165, 1.54) is 0 Å². The number of sulfonamides is 1. The first-order chi connectivity index (χ1) is 8.24. The van der Waals surface area contributed by atoms with Crippen LogP contribution in [0.4, 0.5) is 0 Å². The van der Waals surface area contributed by atoms with Gasteiger partial charge in [0, 0.05) is 6.54 Å². The third-order valence-corrected chi connectivity index (χ3v) is 5.34. The average molecular weight is 271 g/mol. The second kappa shape index (κ2) is 5.38. The molecular weight excluding hydrogens is 250 g/mol. The van der Waals surface area contributed by atoms with Crippen molar-refractivity contribution in [1.82, 2.24) is 4.72 Å². The second-order valence-corrected chi connectivity index (χ2v) is 6.28. The van der Waals surface area contributed by atoms with Crippen molar-refractivity contribution in [3.8, 4) is 0 Å². The molecule has 1 rings (SSSR count). The van der Waals surface area contributed by atoms with Crippen LogP contribution in [-0.4, -0.2) is 26.7 Å². The van der Waals surface area contributed by atoms with E-state index in [0.29, 0.717) is 4.90 Å². The van der Waals surface area contributed by atoms with Crippen LogP contribution in [0.1, 0.15) is 27.8 Å². The van der Waals surface area contributed by atoms with Gasteiger partial charge in [-0.05, 0) is 62.4 Å². The van der Waals surface area contributed by atoms with Crippen molar-refractivity contribution in [2.45, 2.75) is 39.5 Å². The highest BCUT2D eigenvalue weighted by atomic mass is 32.2. The molecule has 0 atom stereocenters. The maximum Gasteiger partial charge on any atom is 0.241 e. The molecule has 0 bridgehead atoms. The van der Waals surface area contributed by atoms with E-state index >= 15 is 0 Å². The van der Waals surface area contributed by atoms with Gasteiger partial charge in [0.1, 0.15) is 0 Å². The quantitative estimate of drug-likeness (QED) is 0.872. The summed E-state index contributed by atoms with van der Waals surface area (Å²) in [6.07, 6.45) is 0. The smallest absolute Gasteiger partial charge is 0.241 e. The molecule has 1 aromatic carbocycles. The van der Waals surface area contributed by atoms with E-state index in [9.17, 15) is 8.42 Å². The molecule has 0 aliphatic rings. The first-order valence-electron chi connectivity index (χ1n) is 5.91. The Morgan fingerprint density at radius 2 is 1.28 bits per heavy atom. The van der Waals surface area contributed by atoms with Gasteiger partial charge in [0.25, 0.3) is 0 Å². The fourth-order valence-electron chi connectivity index (χ4n) is 2.12. The first-order valence-corrected chi connectivity index (χ1v) is 7.39. The summed E-state index contributed by atoms with van der Waals surface area (Å²) in [6.45, 7) is 9.34. The molecule has 0 saturated carbocycles. The summed E-state index contributed by atoms with van der Waals surface area (Å²) >= 11 is 0. The summed E-state index contributed by atoms with van der Waals surface area (Å²) in [7, 11) is -3.56. The van der Waals surface area contributed by atoms with Gasteiger partial charge in [-0.1, -0.05) is 0 Å². The molecular formula is C13H21NO3S. The highest BCUT2D eigenvalue weighted by molar-refractivity contribution is 7.89. The zero-order chi connectivity index (χ0) is 14.1. The minimum Gasteiger partial charge on any atom is -0.395 e. The van der Waals surface area contributed by atoms with Gasteiger partial charge in [-0.25, -0.2) is 13.1 Å². The fraction of sp³-hybridized carbons (Fsp3) is 0.538. The zero-order valence-corrected chi connectivity index (χ0v) is 12.4. The molecule has 0 aromatic heterocycles. The molecule has 0 aliphatic heterocycles. The van der Waals surface area contributed by atoms with E-state index in [2.05, 4.69) is 4.72 Å². The number of nitrogens with one attached hydrogen (secondary N) is 1. The van der Waals surface area contributed by atoms with E-state index < -0.39 is 10.0 Å². The summed E-state index contributed by atoms with van der Waals surface area (Å²) in [4.78, 5) is 0.344. The van der Waals surface area contributed by atoms with Crippen LogP contribution in [0.5, 0.6) is 0 Å². The molecule has 5 heteroatoms. The Balaban J connectivity index is 3.52. The highest BCUT2D eigenvalue weighted by Gasteiger charge is 2.22. The number of aliphatic hydroxyl groups is 1. The highest BCUT2D eigenvalue weighted by Crippen LogP contribution is 2.29. The predicted octanol–water partition coefficient (Wildman–Crippen LogP) is 1.50. The van der Waals surface area contributed by atoms with Crippen molar-refractivity contribution < 1.29 is 13.5 Å². The molecule has 0 saturated heterocycles. The Bertz CT molecular complexity index is 533. The molecule has 0 radical (unpaired) electrons. The SMILES string of the molecule is Cc1c(C)c(C)c(S(=O)(=O)NCCO)c(C)c1C. The lowest BCUT2D eigenvalue weighted by Crippen LogP contribution is -2.28. The van der Waals surface area contributed by atoms with Gasteiger partial charge in [-0.2, -0.15) is 0 Å². The van der Waals surface area contributed by atoms with Crippen LogP contribution < -0.4 is 4.72 Å². The molecule has 0 heterocycles. The van der Waals surface area contributed by atoms with Crippen LogP contribution >= 0.6 is 0 Å². The van der Waals surface area contributed by atoms with Gasteiger partial charge in [-0.15, -0.1) is 0 Å². The number of hydrogen-bond acceptors (Lipinski definition) is 3. The van der Waals surface area contributed by atoms with Crippen molar-refractivity contribution in [3.63, 3.8) is 0 Å². The van der Waals surface area contributed by atoms with Crippen LogP contribution in [0.3, 0.4) is 0 Å². The van der Waals surface area contributed by atoms with Crippen LogP contribution in [-0.2, 0) is 10.0 Å². The van der Waals surface area contributed by atoms with E-state index in [-0.39, 0.29) is 13.2 Å². The number of hydrogen-bond donors (Lipinski definition) is 2. The van der Waals surface area contributed by atoms with Gasteiger partial charge < -0.3 is 5.11 Å². The lowest BCUT2D eigenvalue weighted by molar-refractivity contribution is 0.301. The Kier molecular flexibility index (Phi) is 4.53. The number of rotatable bonds is 4. The van der Waals surface area contributed by atoms with Crippen LogP contribution in [0.25, 0.3) is 0 Å². The zero-order valence-electron chi connectivity index (χ0n) is 11.6. The first kappa shape index (κ1) is 15.1. The maximum atomic E-state index is 12.2. The summed E-state index contributed by atoms with van der Waals surface area (Å²) in [5, 5.41) is 8.74. The molecule has 0 fully saturated rings. The van der Waals surface area contributed by atoms with Gasteiger partial charge >= 0.3 is 0 Å². The van der Waals surface area contributed by atoms with E-state index in [1.807, 2.05) is 34.6 Å². The largest absolute Gasteiger partial charge is 0.395 e. The molecule has 102 valence electrons. The lowest BCUT2D eigenvalue weighted by atomic mass is 9.95. The minimum absolute atomic E-state index is 0.0349. The van der Waals surface area contributed by atoms with Crippen molar-refractivity contribution in [3.05, 3.63) is 27.8 Å². The summed E-state index contributed by atoms with van der Waals surface area (Å²) in [6, 6.07) is 0. The van der Waals surface area contributed by atoms with Gasteiger partial charge in [0.05, 0.1) is 11.5 Å². The molecule has 4 nitrogen and oxygen atoms in total. The van der Waals surface area contributed by atoms with E-state index in [1.54, 1.807) is 0 Å². The summed E-state index contributed by atoms with van der Waals surface area (Å²) < 4.78 is 26.9. The molecule has 0 amide bonds. The molecule has 0 spiro atoms. The maximum absolute atomic E-state index is 12.2. The topological polar surface area (TPSA) is 66.4 Å². The predicted molar refractivity (Wildman–Crippen MR) is 72.4 cm³/mol. The lowest BCUT2D eigenvalue weighted by Gasteiger charge is -2.18. The van der Waals surface area contributed by atoms with Crippen molar-refractivity contribution in [2.75, 3.05) is 13.2 Å². The van der Waals surface area contributed by atoms with Crippen molar-refractivity contribution in [1.29, 1.82) is 0 Å². The van der Waals surface area contributed by atoms with Gasteiger partial charge in [0.15, 0.2) is 0 Å². The fourth-order valence-corrected chi connectivity index (χ4v) is 3.74. The third-order valence-electron chi connectivity index (χ3n) is 3.60. The normalized spacial score (nSPS) is 11.9. The minimum atomic E-state index is -3.56. The van der Waals surface area contributed by atoms with Gasteiger partial charge in [-0.3, -0.25) is 0 Å². The van der Waals surface area contributed by atoms with Crippen molar-refractivity contribution in [2.24, 2.45) is 0 Å². The van der Waals surface area contributed by atoms with Crippen LogP contribution in [0, 0.1) is 34.6 Å². The van der Waals surface area contributed by atoms with Crippen LogP contribution in [0.15, 0.2) is 4.90 Å². The molecule has 18 heavy (non-hydrogen) atoms. The Morgan fingerprint density at radius 1 is 0.889 bits per heavy atom. The Hall–Kier alpha value is -0.910. The third kappa shape index (κ3) is 2.58. The van der Waals surface area contributed by atoms with Crippen molar-refractivity contribution >= 4 is 10.0 Å². The molecule has 0 unspecified atom stereocenters. The Morgan fingerprint density at radius 3 is 1.67 bits per heavy atom. The van der Waals surface area contributed by atoms with Gasteiger partial charge in [0.2, 0.25) is 10.0 Å². The average Bonchev–Trinajstić information content (AvgIpc) is 2.31. The van der Waals surface area contributed by atoms with E-state index in [4.69, 9.17) is 5.11 Å². The van der Waals surface area contributed by atoms with Crippen LogP contribution in [0.2, 0.25) is 0 Å². The standard InChI is InChI=1S/C13H21NO3S/c1-8-9(2)11(4)13(12(5)10(8)3)18(16,17)14-6-7-15/h14-15H,6-7H2,1-5H3. The molecule has 1 aromatic rings. The van der Waals surface area contributed by atoms with E-state index in [0.717, 1.165) is 27.8 Å². The monoisotopic (exact) mass is 271 g/mol. The number of aliphatic hydroxyl groups excluding tert-OH is 1. The summed E-state index contributed by atoms with van der Waals surface area (Å²) in [5.41, 5.74) is 4.69.